The van der Waals surface area contributed by atoms with Gasteiger partial charge in [0.05, 0.1) is 17.1 Å². The van der Waals surface area contributed by atoms with Crippen molar-refractivity contribution in [2.24, 2.45) is 0 Å². The summed E-state index contributed by atoms with van der Waals surface area (Å²) in [6.45, 7) is 0. The zero-order valence-corrected chi connectivity index (χ0v) is 17.8. The fourth-order valence-electron chi connectivity index (χ4n) is 3.22. The van der Waals surface area contributed by atoms with Crippen LogP contribution in [0, 0.1) is 0 Å². The molecule has 1 heterocycles. The molecule has 1 atom stereocenters. The summed E-state index contributed by atoms with van der Waals surface area (Å²) in [5.74, 6) is 1.58. The van der Waals surface area contributed by atoms with Crippen molar-refractivity contribution in [3.8, 4) is 11.5 Å². The summed E-state index contributed by atoms with van der Waals surface area (Å²) >= 11 is 1.46. The molecule has 1 aliphatic heterocycles. The number of para-hydroxylation sites is 1. The van der Waals surface area contributed by atoms with Gasteiger partial charge in [0.2, 0.25) is 0 Å². The molecule has 0 bridgehead atoms. The Morgan fingerprint density at radius 2 is 1.57 bits per heavy atom. The van der Waals surface area contributed by atoms with Crippen LogP contribution in [0.5, 0.6) is 11.5 Å². The Bertz CT molecular complexity index is 1130. The van der Waals surface area contributed by atoms with E-state index in [1.165, 1.54) is 11.8 Å². The maximum absolute atomic E-state index is 12.8. The number of hydrogen-bond donors (Lipinski definition) is 1. The van der Waals surface area contributed by atoms with Crippen LogP contribution in [-0.4, -0.2) is 31.1 Å². The molecule has 3 aromatic carbocycles. The molecule has 1 fully saturated rings. The predicted molar refractivity (Wildman–Crippen MR) is 120 cm³/mol. The molecule has 0 saturated carbocycles. The van der Waals surface area contributed by atoms with Crippen LogP contribution in [0.1, 0.15) is 16.8 Å². The number of anilines is 1. The van der Waals surface area contributed by atoms with E-state index in [0.717, 1.165) is 10.6 Å². The molecule has 1 amide bonds. The number of hydrogen-bond acceptors (Lipinski definition) is 5. The molecule has 0 radical (unpaired) electrons. The summed E-state index contributed by atoms with van der Waals surface area (Å²) in [6.07, 6.45) is 0.617. The molecule has 1 N–H and O–H groups in total. The van der Waals surface area contributed by atoms with Crippen LogP contribution in [-0.2, 0) is 9.84 Å². The third kappa shape index (κ3) is 5.23. The largest absolute Gasteiger partial charge is 0.457 e. The smallest absolute Gasteiger partial charge is 0.256 e. The van der Waals surface area contributed by atoms with Gasteiger partial charge in [-0.2, -0.15) is 0 Å². The molecule has 7 heteroatoms. The molecule has 1 saturated heterocycles. The lowest BCUT2D eigenvalue weighted by Gasteiger charge is -2.13. The Morgan fingerprint density at radius 3 is 2.27 bits per heavy atom. The maximum Gasteiger partial charge on any atom is 0.256 e. The van der Waals surface area contributed by atoms with E-state index in [0.29, 0.717) is 23.4 Å². The van der Waals surface area contributed by atoms with E-state index in [-0.39, 0.29) is 22.7 Å². The van der Waals surface area contributed by atoms with E-state index in [1.54, 1.807) is 36.4 Å². The molecular formula is C23H21NO4S2. The number of amides is 1. The number of rotatable bonds is 6. The van der Waals surface area contributed by atoms with Gasteiger partial charge in [0.15, 0.2) is 9.84 Å². The molecule has 4 rings (SSSR count). The van der Waals surface area contributed by atoms with Gasteiger partial charge in [0, 0.05) is 15.8 Å². The number of carbonyl (C=O) groups is 1. The second kappa shape index (κ2) is 8.93. The van der Waals surface area contributed by atoms with Gasteiger partial charge in [-0.15, -0.1) is 11.8 Å². The summed E-state index contributed by atoms with van der Waals surface area (Å²) in [6, 6.07) is 23.9. The van der Waals surface area contributed by atoms with Crippen LogP contribution in [0.2, 0.25) is 0 Å². The van der Waals surface area contributed by atoms with Gasteiger partial charge in [0.25, 0.3) is 5.91 Å². The van der Waals surface area contributed by atoms with Gasteiger partial charge >= 0.3 is 0 Å². The van der Waals surface area contributed by atoms with Gasteiger partial charge in [-0.25, -0.2) is 8.42 Å². The number of benzene rings is 3. The number of thioether (sulfide) groups is 1. The van der Waals surface area contributed by atoms with Gasteiger partial charge in [-0.3, -0.25) is 4.79 Å². The molecule has 0 spiro atoms. The van der Waals surface area contributed by atoms with Crippen molar-refractivity contribution < 1.29 is 17.9 Å². The highest BCUT2D eigenvalue weighted by atomic mass is 32.2. The standard InChI is InChI=1S/C23H21NO4S2/c25-23(21-8-4-5-9-22(21)29-20-14-15-30(26,27)16-20)24-17-10-12-19(13-11-17)28-18-6-2-1-3-7-18/h1-13,20H,14-16H2,(H,24,25)/t20-/m0/s1. The van der Waals surface area contributed by atoms with Crippen LogP contribution >= 0.6 is 11.8 Å². The highest BCUT2D eigenvalue weighted by molar-refractivity contribution is 8.02. The monoisotopic (exact) mass is 439 g/mol. The number of sulfone groups is 1. The minimum atomic E-state index is -2.96. The van der Waals surface area contributed by atoms with Crippen molar-refractivity contribution in [3.63, 3.8) is 0 Å². The van der Waals surface area contributed by atoms with Crippen molar-refractivity contribution in [1.29, 1.82) is 0 Å². The van der Waals surface area contributed by atoms with Crippen LogP contribution in [0.15, 0.2) is 83.8 Å². The first kappa shape index (κ1) is 20.5. The Hall–Kier alpha value is -2.77. The zero-order valence-electron chi connectivity index (χ0n) is 16.2. The van der Waals surface area contributed by atoms with Crippen molar-refractivity contribution >= 4 is 33.2 Å². The van der Waals surface area contributed by atoms with E-state index in [1.807, 2.05) is 42.5 Å². The van der Waals surface area contributed by atoms with Gasteiger partial charge in [-0.1, -0.05) is 30.3 Å². The van der Waals surface area contributed by atoms with E-state index in [2.05, 4.69) is 5.32 Å². The van der Waals surface area contributed by atoms with Crippen molar-refractivity contribution in [2.75, 3.05) is 16.8 Å². The zero-order chi connectivity index (χ0) is 21.0. The maximum atomic E-state index is 12.8. The van der Waals surface area contributed by atoms with Crippen LogP contribution < -0.4 is 10.1 Å². The molecule has 0 aromatic heterocycles. The Balaban J connectivity index is 1.43. The summed E-state index contributed by atoms with van der Waals surface area (Å²) in [5, 5.41) is 2.89. The van der Waals surface area contributed by atoms with E-state index < -0.39 is 9.84 Å². The van der Waals surface area contributed by atoms with Gasteiger partial charge in [-0.05, 0) is 55.0 Å². The first-order valence-electron chi connectivity index (χ1n) is 9.59. The van der Waals surface area contributed by atoms with E-state index in [4.69, 9.17) is 4.74 Å². The highest BCUT2D eigenvalue weighted by Gasteiger charge is 2.29. The van der Waals surface area contributed by atoms with Gasteiger partial charge in [0.1, 0.15) is 11.5 Å². The fraction of sp³-hybridized carbons (Fsp3) is 0.174. The lowest BCUT2D eigenvalue weighted by molar-refractivity contribution is 0.102. The summed E-state index contributed by atoms with van der Waals surface area (Å²) in [5.41, 5.74) is 1.19. The molecule has 5 nitrogen and oxygen atoms in total. The third-order valence-electron chi connectivity index (χ3n) is 4.71. The topological polar surface area (TPSA) is 72.5 Å². The van der Waals surface area contributed by atoms with E-state index in [9.17, 15) is 13.2 Å². The number of ether oxygens (including phenoxy) is 1. The second-order valence-electron chi connectivity index (χ2n) is 7.03. The SMILES string of the molecule is O=C(Nc1ccc(Oc2ccccc2)cc1)c1ccccc1S[C@H]1CCS(=O)(=O)C1. The Morgan fingerprint density at radius 1 is 0.900 bits per heavy atom. The first-order valence-corrected chi connectivity index (χ1v) is 12.3. The number of carbonyl (C=O) groups excluding carboxylic acids is 1. The Labute approximate surface area is 180 Å². The van der Waals surface area contributed by atoms with Crippen LogP contribution in [0.4, 0.5) is 5.69 Å². The van der Waals surface area contributed by atoms with Crippen LogP contribution in [0.3, 0.4) is 0 Å². The molecule has 30 heavy (non-hydrogen) atoms. The summed E-state index contributed by atoms with van der Waals surface area (Å²) < 4.78 is 29.2. The summed E-state index contributed by atoms with van der Waals surface area (Å²) in [4.78, 5) is 13.6. The Kier molecular flexibility index (Phi) is 6.11. The molecule has 1 aliphatic rings. The first-order chi connectivity index (χ1) is 14.5. The average Bonchev–Trinajstić information content (AvgIpc) is 3.09. The summed E-state index contributed by atoms with van der Waals surface area (Å²) in [7, 11) is -2.96. The quantitative estimate of drug-likeness (QED) is 0.584. The van der Waals surface area contributed by atoms with Gasteiger partial charge < -0.3 is 10.1 Å². The predicted octanol–water partition coefficient (Wildman–Crippen LogP) is 5.01. The minimum absolute atomic E-state index is 0.0154. The van der Waals surface area contributed by atoms with Crippen molar-refractivity contribution in [2.45, 2.75) is 16.6 Å². The fourth-order valence-corrected chi connectivity index (χ4v) is 6.85. The molecule has 154 valence electrons. The molecule has 3 aromatic rings. The lowest BCUT2D eigenvalue weighted by Crippen LogP contribution is -2.14. The molecule has 0 unspecified atom stereocenters. The average molecular weight is 440 g/mol. The second-order valence-corrected chi connectivity index (χ2v) is 10.6. The number of nitrogens with one attached hydrogen (secondary N) is 1. The third-order valence-corrected chi connectivity index (χ3v) is 8.03. The highest BCUT2D eigenvalue weighted by Crippen LogP contribution is 2.33. The van der Waals surface area contributed by atoms with Crippen molar-refractivity contribution in [3.05, 3.63) is 84.4 Å². The normalized spacial score (nSPS) is 17.4. The minimum Gasteiger partial charge on any atom is -0.457 e. The molecular weight excluding hydrogens is 418 g/mol. The van der Waals surface area contributed by atoms with Crippen molar-refractivity contribution in [1.82, 2.24) is 0 Å². The van der Waals surface area contributed by atoms with E-state index >= 15 is 0 Å². The van der Waals surface area contributed by atoms with Crippen LogP contribution in [0.25, 0.3) is 0 Å². The molecule has 0 aliphatic carbocycles. The lowest BCUT2D eigenvalue weighted by atomic mass is 10.2.